The summed E-state index contributed by atoms with van der Waals surface area (Å²) < 4.78 is 11.2. The summed E-state index contributed by atoms with van der Waals surface area (Å²) in [4.78, 5) is 19.5. The first-order valence-corrected chi connectivity index (χ1v) is 8.33. The molecule has 3 aromatic rings. The Bertz CT molecular complexity index is 928. The molecule has 0 unspecified atom stereocenters. The summed E-state index contributed by atoms with van der Waals surface area (Å²) in [6.07, 6.45) is 0. The van der Waals surface area contributed by atoms with Gasteiger partial charge in [-0.3, -0.25) is 0 Å². The predicted octanol–water partition coefficient (Wildman–Crippen LogP) is 3.19. The molecule has 0 aliphatic rings. The highest BCUT2D eigenvalue weighted by Crippen LogP contribution is 2.26. The van der Waals surface area contributed by atoms with Gasteiger partial charge in [0.05, 0.1) is 11.4 Å². The Balaban J connectivity index is 1.66. The number of hydrogen-bond donors (Lipinski definition) is 2. The molecule has 138 valence electrons. The molecular weight excluding hydrogens is 346 g/mol. The van der Waals surface area contributed by atoms with E-state index in [0.717, 1.165) is 5.75 Å². The molecular formula is C20H19N3O4. The van der Waals surface area contributed by atoms with Gasteiger partial charge in [0, 0.05) is 5.56 Å². The van der Waals surface area contributed by atoms with Crippen LogP contribution in [0.4, 0.5) is 5.95 Å². The van der Waals surface area contributed by atoms with Crippen molar-refractivity contribution in [1.29, 1.82) is 0 Å². The number of benzene rings is 2. The molecule has 7 heteroatoms. The summed E-state index contributed by atoms with van der Waals surface area (Å²) in [5, 5.41) is 9.43. The monoisotopic (exact) mass is 365 g/mol. The number of aromatic carboxylic acids is 1. The topological polar surface area (TPSA) is 108 Å². The number of aryl methyl sites for hydroxylation is 1. The molecule has 0 aliphatic heterocycles. The molecule has 7 nitrogen and oxygen atoms in total. The van der Waals surface area contributed by atoms with E-state index in [1.165, 1.54) is 0 Å². The second kappa shape index (κ2) is 8.18. The number of nitrogen functional groups attached to an aromatic ring is 1. The zero-order chi connectivity index (χ0) is 19.2. The lowest BCUT2D eigenvalue weighted by atomic mass is 10.0. The van der Waals surface area contributed by atoms with Gasteiger partial charge in [0.1, 0.15) is 30.3 Å². The average molecular weight is 365 g/mol. The molecule has 0 saturated heterocycles. The van der Waals surface area contributed by atoms with E-state index in [1.54, 1.807) is 31.2 Å². The molecule has 0 amide bonds. The van der Waals surface area contributed by atoms with E-state index in [1.807, 2.05) is 30.3 Å². The number of carbonyl (C=O) groups is 1. The van der Waals surface area contributed by atoms with Crippen molar-refractivity contribution in [2.45, 2.75) is 6.92 Å². The fourth-order valence-corrected chi connectivity index (χ4v) is 2.60. The Kier molecular flexibility index (Phi) is 5.51. The van der Waals surface area contributed by atoms with Gasteiger partial charge in [0.2, 0.25) is 5.95 Å². The van der Waals surface area contributed by atoms with E-state index in [-0.39, 0.29) is 17.2 Å². The fraction of sp³-hybridized carbons (Fsp3) is 0.150. The van der Waals surface area contributed by atoms with Crippen molar-refractivity contribution in [2.24, 2.45) is 0 Å². The SMILES string of the molecule is Cc1nc(N)nc(-c2ccc(OCCOc3ccccc3)cc2)c1C(=O)O. The molecule has 1 heterocycles. The quantitative estimate of drug-likeness (QED) is 0.619. The number of nitrogens with zero attached hydrogens (tertiary/aromatic N) is 2. The molecule has 0 aliphatic carbocycles. The van der Waals surface area contributed by atoms with Crippen LogP contribution in [0.25, 0.3) is 11.3 Å². The molecule has 0 fully saturated rings. The standard InChI is InChI=1S/C20H19N3O4/c1-13-17(19(24)25)18(23-20(21)22-13)14-7-9-16(10-8-14)27-12-11-26-15-5-3-2-4-6-15/h2-10H,11-12H2,1H3,(H,24,25)(H2,21,22,23). The first-order valence-electron chi connectivity index (χ1n) is 8.33. The molecule has 3 rings (SSSR count). The lowest BCUT2D eigenvalue weighted by Crippen LogP contribution is -2.10. The minimum absolute atomic E-state index is 0.0332. The average Bonchev–Trinajstić information content (AvgIpc) is 2.65. The van der Waals surface area contributed by atoms with E-state index in [2.05, 4.69) is 9.97 Å². The number of ether oxygens (including phenoxy) is 2. The minimum Gasteiger partial charge on any atom is -0.490 e. The van der Waals surface area contributed by atoms with Gasteiger partial charge in [0.25, 0.3) is 0 Å². The zero-order valence-corrected chi connectivity index (χ0v) is 14.8. The van der Waals surface area contributed by atoms with Gasteiger partial charge < -0.3 is 20.3 Å². The predicted molar refractivity (Wildman–Crippen MR) is 101 cm³/mol. The van der Waals surface area contributed by atoms with Crippen molar-refractivity contribution in [3.63, 3.8) is 0 Å². The van der Waals surface area contributed by atoms with Crippen LogP contribution in [-0.4, -0.2) is 34.3 Å². The lowest BCUT2D eigenvalue weighted by molar-refractivity contribution is 0.0696. The Morgan fingerprint density at radius 1 is 0.963 bits per heavy atom. The third-order valence-corrected chi connectivity index (χ3v) is 3.81. The van der Waals surface area contributed by atoms with Crippen LogP contribution in [0.15, 0.2) is 54.6 Å². The van der Waals surface area contributed by atoms with Crippen LogP contribution in [0.2, 0.25) is 0 Å². The third kappa shape index (κ3) is 4.52. The first kappa shape index (κ1) is 18.2. The van der Waals surface area contributed by atoms with Crippen molar-refractivity contribution in [1.82, 2.24) is 9.97 Å². The van der Waals surface area contributed by atoms with E-state index in [9.17, 15) is 9.90 Å². The van der Waals surface area contributed by atoms with Crippen molar-refractivity contribution in [3.8, 4) is 22.8 Å². The number of carboxylic acids is 1. The molecule has 0 bridgehead atoms. The van der Waals surface area contributed by atoms with Crippen molar-refractivity contribution in [2.75, 3.05) is 18.9 Å². The second-order valence-electron chi connectivity index (χ2n) is 5.73. The van der Waals surface area contributed by atoms with Gasteiger partial charge in [-0.15, -0.1) is 0 Å². The Morgan fingerprint density at radius 3 is 2.15 bits per heavy atom. The van der Waals surface area contributed by atoms with Crippen molar-refractivity contribution >= 4 is 11.9 Å². The molecule has 0 spiro atoms. The van der Waals surface area contributed by atoms with Gasteiger partial charge in [-0.25, -0.2) is 14.8 Å². The van der Waals surface area contributed by atoms with Gasteiger partial charge >= 0.3 is 5.97 Å². The minimum atomic E-state index is -1.10. The smallest absolute Gasteiger partial charge is 0.339 e. The van der Waals surface area contributed by atoms with Crippen LogP contribution < -0.4 is 15.2 Å². The van der Waals surface area contributed by atoms with Crippen LogP contribution in [0.1, 0.15) is 16.1 Å². The number of nitrogens with two attached hydrogens (primary N) is 1. The highest BCUT2D eigenvalue weighted by molar-refractivity contribution is 5.96. The summed E-state index contributed by atoms with van der Waals surface area (Å²) in [7, 11) is 0. The number of anilines is 1. The Morgan fingerprint density at radius 2 is 1.56 bits per heavy atom. The molecule has 27 heavy (non-hydrogen) atoms. The summed E-state index contributed by atoms with van der Waals surface area (Å²) in [6.45, 7) is 2.39. The van der Waals surface area contributed by atoms with E-state index >= 15 is 0 Å². The maximum atomic E-state index is 11.5. The Hall–Kier alpha value is -3.61. The van der Waals surface area contributed by atoms with E-state index < -0.39 is 5.97 Å². The summed E-state index contributed by atoms with van der Waals surface area (Å²) in [5.74, 6) is 0.368. The van der Waals surface area contributed by atoms with Crippen LogP contribution in [-0.2, 0) is 0 Å². The number of carboxylic acid groups (broad SMARTS) is 1. The van der Waals surface area contributed by atoms with Crippen LogP contribution in [0.3, 0.4) is 0 Å². The van der Waals surface area contributed by atoms with Crippen molar-refractivity contribution < 1.29 is 19.4 Å². The first-order chi connectivity index (χ1) is 13.0. The maximum absolute atomic E-state index is 11.5. The van der Waals surface area contributed by atoms with Crippen LogP contribution in [0, 0.1) is 6.92 Å². The molecule has 1 aromatic heterocycles. The van der Waals surface area contributed by atoms with Gasteiger partial charge in [-0.05, 0) is 43.3 Å². The molecule has 3 N–H and O–H groups in total. The van der Waals surface area contributed by atoms with Crippen LogP contribution in [0.5, 0.6) is 11.5 Å². The number of hydrogen-bond acceptors (Lipinski definition) is 6. The van der Waals surface area contributed by atoms with Crippen molar-refractivity contribution in [3.05, 3.63) is 65.9 Å². The van der Waals surface area contributed by atoms with Gasteiger partial charge in [-0.1, -0.05) is 18.2 Å². The number of para-hydroxylation sites is 1. The molecule has 0 radical (unpaired) electrons. The molecule has 0 saturated carbocycles. The Labute approximate surface area is 156 Å². The highest BCUT2D eigenvalue weighted by atomic mass is 16.5. The molecule has 2 aromatic carbocycles. The largest absolute Gasteiger partial charge is 0.490 e. The number of rotatable bonds is 7. The van der Waals surface area contributed by atoms with E-state index in [4.69, 9.17) is 15.2 Å². The summed E-state index contributed by atoms with van der Waals surface area (Å²) >= 11 is 0. The summed E-state index contributed by atoms with van der Waals surface area (Å²) in [5.41, 5.74) is 6.94. The van der Waals surface area contributed by atoms with Gasteiger partial charge in [0.15, 0.2) is 0 Å². The van der Waals surface area contributed by atoms with Gasteiger partial charge in [-0.2, -0.15) is 0 Å². The fourth-order valence-electron chi connectivity index (χ4n) is 2.60. The lowest BCUT2D eigenvalue weighted by Gasteiger charge is -2.11. The van der Waals surface area contributed by atoms with Crippen LogP contribution >= 0.6 is 0 Å². The normalized spacial score (nSPS) is 10.4. The summed E-state index contributed by atoms with van der Waals surface area (Å²) in [6, 6.07) is 16.5. The number of aromatic nitrogens is 2. The maximum Gasteiger partial charge on any atom is 0.339 e. The van der Waals surface area contributed by atoms with E-state index in [0.29, 0.717) is 30.2 Å². The molecule has 0 atom stereocenters. The third-order valence-electron chi connectivity index (χ3n) is 3.81. The zero-order valence-electron chi connectivity index (χ0n) is 14.8. The second-order valence-corrected chi connectivity index (χ2v) is 5.73. The highest BCUT2D eigenvalue weighted by Gasteiger charge is 2.18.